The first kappa shape index (κ1) is 12.7. The number of thioether (sulfide) groups is 1. The average molecular weight is 276 g/mol. The fourth-order valence-electron chi connectivity index (χ4n) is 2.25. The van der Waals surface area contributed by atoms with Gasteiger partial charge in [0.25, 0.3) is 0 Å². The summed E-state index contributed by atoms with van der Waals surface area (Å²) >= 11 is 1.72. The third-order valence-corrected chi connectivity index (χ3v) is 4.63. The first-order valence-corrected chi connectivity index (χ1v) is 7.52. The van der Waals surface area contributed by atoms with Crippen LogP contribution in [0, 0.1) is 6.92 Å². The molecule has 19 heavy (non-hydrogen) atoms. The van der Waals surface area contributed by atoms with Crippen LogP contribution in [0.4, 0.5) is 0 Å². The van der Waals surface area contributed by atoms with Gasteiger partial charge in [-0.3, -0.25) is 0 Å². The number of aliphatic hydroxyl groups is 1. The summed E-state index contributed by atoms with van der Waals surface area (Å²) in [5, 5.41) is 13.9. The van der Waals surface area contributed by atoms with Crippen LogP contribution in [0.1, 0.15) is 28.8 Å². The van der Waals surface area contributed by atoms with E-state index >= 15 is 0 Å². The van der Waals surface area contributed by atoms with Crippen molar-refractivity contribution in [3.8, 4) is 0 Å². The lowest BCUT2D eigenvalue weighted by Crippen LogP contribution is -2.15. The minimum absolute atomic E-state index is 0.0110. The third-order valence-electron chi connectivity index (χ3n) is 3.46. The van der Waals surface area contributed by atoms with Gasteiger partial charge in [-0.05, 0) is 18.1 Å². The quantitative estimate of drug-likeness (QED) is 0.931. The summed E-state index contributed by atoms with van der Waals surface area (Å²) in [6.45, 7) is 2.08. The topological polar surface area (TPSA) is 59.2 Å². The molecule has 2 aromatic rings. The number of rotatable bonds is 3. The molecular formula is C14H16N2O2S. The molecule has 4 nitrogen and oxygen atoms in total. The Labute approximate surface area is 116 Å². The number of aromatic nitrogens is 2. The van der Waals surface area contributed by atoms with E-state index in [1.165, 1.54) is 11.1 Å². The van der Waals surface area contributed by atoms with Crippen LogP contribution in [-0.2, 0) is 6.42 Å². The Balaban J connectivity index is 1.77. The van der Waals surface area contributed by atoms with Crippen molar-refractivity contribution >= 4 is 11.8 Å². The van der Waals surface area contributed by atoms with Gasteiger partial charge in [0, 0.05) is 17.9 Å². The normalized spacial score (nSPS) is 22.8. The number of hydrogen-bond acceptors (Lipinski definition) is 5. The zero-order valence-corrected chi connectivity index (χ0v) is 11.6. The molecule has 1 aliphatic heterocycles. The van der Waals surface area contributed by atoms with Crippen molar-refractivity contribution in [3.63, 3.8) is 0 Å². The molecule has 0 aliphatic carbocycles. The second-order valence-corrected chi connectivity index (χ2v) is 5.94. The zero-order chi connectivity index (χ0) is 13.2. The van der Waals surface area contributed by atoms with Gasteiger partial charge in [-0.15, -0.1) is 0 Å². The van der Waals surface area contributed by atoms with Crippen LogP contribution in [0.5, 0.6) is 0 Å². The summed E-state index contributed by atoms with van der Waals surface area (Å²) in [5.74, 6) is 2.85. The fourth-order valence-corrected chi connectivity index (χ4v) is 3.48. The van der Waals surface area contributed by atoms with Crippen molar-refractivity contribution in [2.45, 2.75) is 25.4 Å². The first-order valence-electron chi connectivity index (χ1n) is 6.37. The van der Waals surface area contributed by atoms with Crippen LogP contribution in [0.3, 0.4) is 0 Å². The van der Waals surface area contributed by atoms with Gasteiger partial charge in [-0.1, -0.05) is 29.4 Å². The largest absolute Gasteiger partial charge is 0.391 e. The second kappa shape index (κ2) is 5.35. The maximum absolute atomic E-state index is 9.84. The smallest absolute Gasteiger partial charge is 0.233 e. The molecule has 0 saturated carbocycles. The molecule has 0 bridgehead atoms. The molecule has 0 spiro atoms. The van der Waals surface area contributed by atoms with Crippen molar-refractivity contribution in [1.82, 2.24) is 10.1 Å². The van der Waals surface area contributed by atoms with E-state index in [9.17, 15) is 5.11 Å². The second-order valence-electron chi connectivity index (χ2n) is 4.86. The predicted molar refractivity (Wildman–Crippen MR) is 74.4 cm³/mol. The van der Waals surface area contributed by atoms with Gasteiger partial charge in [0.15, 0.2) is 5.82 Å². The van der Waals surface area contributed by atoms with E-state index in [-0.39, 0.29) is 12.0 Å². The molecule has 1 aromatic heterocycles. The maximum atomic E-state index is 9.84. The summed E-state index contributed by atoms with van der Waals surface area (Å²) in [6, 6.07) is 8.19. The molecule has 1 aromatic carbocycles. The Morgan fingerprint density at radius 3 is 2.95 bits per heavy atom. The number of aliphatic hydroxyl groups excluding tert-OH is 1. The van der Waals surface area contributed by atoms with Gasteiger partial charge in [0.1, 0.15) is 0 Å². The van der Waals surface area contributed by atoms with Crippen LogP contribution in [0.15, 0.2) is 28.8 Å². The number of nitrogens with zero attached hydrogens (tertiary/aromatic N) is 2. The maximum Gasteiger partial charge on any atom is 0.233 e. The summed E-state index contributed by atoms with van der Waals surface area (Å²) < 4.78 is 5.30. The molecule has 3 rings (SSSR count). The molecule has 5 heteroatoms. The highest BCUT2D eigenvalue weighted by molar-refractivity contribution is 7.99. The number of hydrogen-bond donors (Lipinski definition) is 1. The van der Waals surface area contributed by atoms with E-state index in [0.717, 1.165) is 11.5 Å². The Hall–Kier alpha value is -1.33. The average Bonchev–Trinajstić information content (AvgIpc) is 3.01. The van der Waals surface area contributed by atoms with Crippen LogP contribution in [-0.4, -0.2) is 32.9 Å². The van der Waals surface area contributed by atoms with E-state index in [0.29, 0.717) is 18.1 Å². The van der Waals surface area contributed by atoms with Crippen LogP contribution in [0.2, 0.25) is 0 Å². The van der Waals surface area contributed by atoms with Crippen LogP contribution in [0.25, 0.3) is 0 Å². The molecule has 1 N–H and O–H groups in total. The summed E-state index contributed by atoms with van der Waals surface area (Å²) in [7, 11) is 0. The molecular weight excluding hydrogens is 260 g/mol. The lowest BCUT2D eigenvalue weighted by atomic mass is 10.1. The highest BCUT2D eigenvalue weighted by Gasteiger charge is 2.32. The Kier molecular flexibility index (Phi) is 3.57. The van der Waals surface area contributed by atoms with Gasteiger partial charge < -0.3 is 9.63 Å². The zero-order valence-electron chi connectivity index (χ0n) is 10.7. The van der Waals surface area contributed by atoms with Gasteiger partial charge in [-0.25, -0.2) is 0 Å². The van der Waals surface area contributed by atoms with E-state index in [2.05, 4.69) is 29.2 Å². The van der Waals surface area contributed by atoms with E-state index in [4.69, 9.17) is 4.52 Å². The van der Waals surface area contributed by atoms with Crippen molar-refractivity contribution in [2.75, 3.05) is 11.5 Å². The molecule has 100 valence electrons. The van der Waals surface area contributed by atoms with Crippen molar-refractivity contribution < 1.29 is 9.63 Å². The lowest BCUT2D eigenvalue weighted by Gasteiger charge is -2.06. The van der Waals surface area contributed by atoms with E-state index in [1.807, 2.05) is 12.1 Å². The summed E-state index contributed by atoms with van der Waals surface area (Å²) in [4.78, 5) is 4.43. The number of aryl methyl sites for hydroxylation is 1. The van der Waals surface area contributed by atoms with Gasteiger partial charge in [0.05, 0.1) is 12.0 Å². The minimum Gasteiger partial charge on any atom is -0.391 e. The highest BCUT2D eigenvalue weighted by Crippen LogP contribution is 2.31. The molecule has 1 saturated heterocycles. The van der Waals surface area contributed by atoms with Gasteiger partial charge in [0.2, 0.25) is 5.89 Å². The third kappa shape index (κ3) is 2.67. The Morgan fingerprint density at radius 1 is 1.37 bits per heavy atom. The van der Waals surface area contributed by atoms with Crippen LogP contribution < -0.4 is 0 Å². The molecule has 2 atom stereocenters. The lowest BCUT2D eigenvalue weighted by molar-refractivity contribution is 0.164. The predicted octanol–water partition coefficient (Wildman–Crippen LogP) is 2.16. The van der Waals surface area contributed by atoms with Crippen molar-refractivity contribution in [1.29, 1.82) is 0 Å². The summed E-state index contributed by atoms with van der Waals surface area (Å²) in [5.41, 5.74) is 2.43. The molecule has 0 radical (unpaired) electrons. The monoisotopic (exact) mass is 276 g/mol. The van der Waals surface area contributed by atoms with Gasteiger partial charge in [-0.2, -0.15) is 16.7 Å². The van der Waals surface area contributed by atoms with E-state index < -0.39 is 0 Å². The van der Waals surface area contributed by atoms with Crippen molar-refractivity contribution in [3.05, 3.63) is 47.1 Å². The molecule has 1 fully saturated rings. The molecule has 1 aliphatic rings. The molecule has 2 heterocycles. The Bertz CT molecular complexity index is 570. The molecule has 2 unspecified atom stereocenters. The molecule has 0 amide bonds. The first-order chi connectivity index (χ1) is 9.24. The Morgan fingerprint density at radius 2 is 2.21 bits per heavy atom. The standard InChI is InChI=1S/C14H16N2O2S/c1-9-4-2-3-5-10(9)6-13-15-14(18-16-13)11-7-19-8-12(11)17/h2-5,11-12,17H,6-8H2,1H3. The van der Waals surface area contributed by atoms with Crippen LogP contribution >= 0.6 is 11.8 Å². The summed E-state index contributed by atoms with van der Waals surface area (Å²) in [6.07, 6.45) is 0.309. The van der Waals surface area contributed by atoms with E-state index in [1.54, 1.807) is 11.8 Å². The SMILES string of the molecule is Cc1ccccc1Cc1noc(C2CSCC2O)n1. The number of benzene rings is 1. The van der Waals surface area contributed by atoms with Crippen molar-refractivity contribution in [2.24, 2.45) is 0 Å². The minimum atomic E-state index is -0.364. The fraction of sp³-hybridized carbons (Fsp3) is 0.429. The van der Waals surface area contributed by atoms with Gasteiger partial charge >= 0.3 is 0 Å². The highest BCUT2D eigenvalue weighted by atomic mass is 32.2.